The molecule has 9 heteroatoms. The smallest absolute Gasteiger partial charge is 0.279 e. The van der Waals surface area contributed by atoms with E-state index in [0.29, 0.717) is 22.1 Å². The molecule has 3 aromatic rings. The van der Waals surface area contributed by atoms with Gasteiger partial charge in [-0.3, -0.25) is 4.79 Å². The third kappa shape index (κ3) is 4.55. The molecule has 3 rings (SSSR count). The monoisotopic (exact) mass is 394 g/mol. The summed E-state index contributed by atoms with van der Waals surface area (Å²) in [7, 11) is 1.68. The molecule has 1 unspecified atom stereocenters. The predicted molar refractivity (Wildman–Crippen MR) is 92.3 cm³/mol. The molecule has 146 valence electrons. The van der Waals surface area contributed by atoms with Gasteiger partial charge < -0.3 is 14.6 Å². The van der Waals surface area contributed by atoms with E-state index < -0.39 is 29.0 Å². The summed E-state index contributed by atoms with van der Waals surface area (Å²) in [6.45, 7) is 0.154. The molecule has 2 aromatic carbocycles. The number of likely N-dealkylation sites (N-methyl/N-ethyl adjacent to an activating group) is 1. The van der Waals surface area contributed by atoms with Crippen molar-refractivity contribution >= 4 is 11.6 Å². The Morgan fingerprint density at radius 3 is 2.50 bits per heavy atom. The number of amides is 1. The molecule has 0 aliphatic rings. The van der Waals surface area contributed by atoms with Gasteiger partial charge in [0.1, 0.15) is 5.82 Å². The van der Waals surface area contributed by atoms with Gasteiger partial charge in [-0.25, -0.2) is 22.5 Å². The first kappa shape index (κ1) is 19.6. The minimum absolute atomic E-state index is 0.0906. The second kappa shape index (κ2) is 8.22. The van der Waals surface area contributed by atoms with Gasteiger partial charge in [-0.05, 0) is 36.4 Å². The number of aromatic nitrogens is 1. The fraction of sp³-hybridized carbons (Fsp3) is 0.158. The highest BCUT2D eigenvalue weighted by Gasteiger charge is 2.18. The Kier molecular flexibility index (Phi) is 5.74. The Labute approximate surface area is 157 Å². The van der Waals surface area contributed by atoms with E-state index in [-0.39, 0.29) is 18.9 Å². The molecule has 0 radical (unpaired) electrons. The van der Waals surface area contributed by atoms with Crippen LogP contribution >= 0.6 is 0 Å². The van der Waals surface area contributed by atoms with Crippen LogP contribution in [0.25, 0.3) is 11.3 Å². The average Bonchev–Trinajstić information content (AvgIpc) is 3.11. The summed E-state index contributed by atoms with van der Waals surface area (Å²) in [5, 5.41) is 2.20. The Hall–Kier alpha value is -3.20. The van der Waals surface area contributed by atoms with Crippen LogP contribution in [0.15, 0.2) is 47.0 Å². The van der Waals surface area contributed by atoms with Crippen molar-refractivity contribution in [3.8, 4) is 11.3 Å². The Morgan fingerprint density at radius 2 is 1.79 bits per heavy atom. The molecule has 1 atom stereocenters. The van der Waals surface area contributed by atoms with Crippen LogP contribution in [-0.2, 0) is 11.3 Å². The molecule has 1 heterocycles. The zero-order valence-corrected chi connectivity index (χ0v) is 14.7. The molecular weight excluding hydrogens is 378 g/mol. The van der Waals surface area contributed by atoms with Crippen LogP contribution in [0.1, 0.15) is 5.89 Å². The van der Waals surface area contributed by atoms with Gasteiger partial charge in [0.05, 0.1) is 18.9 Å². The minimum atomic E-state index is -1.65. The highest BCUT2D eigenvalue weighted by molar-refractivity contribution is 5.91. The summed E-state index contributed by atoms with van der Waals surface area (Å²) in [4.78, 5) is 16.8. The van der Waals surface area contributed by atoms with Gasteiger partial charge in [-0.15, -0.1) is 0 Å². The summed E-state index contributed by atoms with van der Waals surface area (Å²) in [6, 6.07) is 7.39. The molecule has 1 aromatic heterocycles. The molecular formula is C19H16F4N3O2+. The Bertz CT molecular complexity index is 989. The van der Waals surface area contributed by atoms with Gasteiger partial charge in [0.2, 0.25) is 0 Å². The van der Waals surface area contributed by atoms with Crippen LogP contribution in [0, 0.1) is 23.3 Å². The first-order chi connectivity index (χ1) is 13.3. The van der Waals surface area contributed by atoms with E-state index in [1.54, 1.807) is 19.2 Å². The number of anilines is 1. The Morgan fingerprint density at radius 1 is 1.07 bits per heavy atom. The lowest BCUT2D eigenvalue weighted by Gasteiger charge is -2.12. The quantitative estimate of drug-likeness (QED) is 0.499. The van der Waals surface area contributed by atoms with E-state index in [4.69, 9.17) is 4.42 Å². The molecule has 0 fully saturated rings. The van der Waals surface area contributed by atoms with E-state index in [2.05, 4.69) is 10.3 Å². The van der Waals surface area contributed by atoms with E-state index in [1.807, 2.05) is 0 Å². The standard InChI is InChI=1S/C19H15F4N3O2/c1-26(9-16(27)25-14-7-6-13(21)18(22)19(14)23)10-17-24-8-15(28-17)11-2-4-12(20)5-3-11/h2-8H,9-10H2,1H3,(H,25,27)/p+1. The number of halogens is 4. The molecule has 0 spiro atoms. The number of rotatable bonds is 6. The first-order valence-corrected chi connectivity index (χ1v) is 8.29. The maximum atomic E-state index is 13.6. The number of carbonyl (C=O) groups excluding carboxylic acids is 1. The SMILES string of the molecule is C[NH+](CC(=O)Nc1ccc(F)c(F)c1F)Cc1ncc(-c2ccc(F)cc2)o1. The van der Waals surface area contributed by atoms with Crippen molar-refractivity contribution in [1.82, 2.24) is 4.98 Å². The van der Waals surface area contributed by atoms with Crippen molar-refractivity contribution in [2.45, 2.75) is 6.54 Å². The summed E-state index contributed by atoms with van der Waals surface area (Å²) >= 11 is 0. The number of nitrogens with zero attached hydrogens (tertiary/aromatic N) is 1. The van der Waals surface area contributed by atoms with Gasteiger partial charge in [0.25, 0.3) is 11.8 Å². The Balaban J connectivity index is 1.58. The largest absolute Gasteiger partial charge is 0.435 e. The van der Waals surface area contributed by atoms with Crippen LogP contribution < -0.4 is 10.2 Å². The van der Waals surface area contributed by atoms with Crippen molar-refractivity contribution in [2.75, 3.05) is 18.9 Å². The molecule has 28 heavy (non-hydrogen) atoms. The highest BCUT2D eigenvalue weighted by atomic mass is 19.2. The number of quaternary nitrogens is 1. The van der Waals surface area contributed by atoms with Gasteiger partial charge in [0.15, 0.2) is 36.3 Å². The van der Waals surface area contributed by atoms with Crippen molar-refractivity contribution in [2.24, 2.45) is 0 Å². The third-order valence-electron chi connectivity index (χ3n) is 3.91. The van der Waals surface area contributed by atoms with E-state index in [0.717, 1.165) is 12.1 Å². The molecule has 5 nitrogen and oxygen atoms in total. The summed E-state index contributed by atoms with van der Waals surface area (Å²) < 4.78 is 58.3. The average molecular weight is 394 g/mol. The number of carbonyl (C=O) groups is 1. The van der Waals surface area contributed by atoms with Crippen LogP contribution in [0.3, 0.4) is 0 Å². The normalized spacial score (nSPS) is 12.0. The molecule has 0 bridgehead atoms. The van der Waals surface area contributed by atoms with Gasteiger partial charge in [-0.2, -0.15) is 0 Å². The van der Waals surface area contributed by atoms with Gasteiger partial charge >= 0.3 is 0 Å². The molecule has 2 N–H and O–H groups in total. The maximum absolute atomic E-state index is 13.6. The summed E-state index contributed by atoms with van der Waals surface area (Å²) in [6.07, 6.45) is 1.49. The second-order valence-corrected chi connectivity index (χ2v) is 6.21. The first-order valence-electron chi connectivity index (χ1n) is 8.29. The number of benzene rings is 2. The number of hydrogen-bond acceptors (Lipinski definition) is 3. The van der Waals surface area contributed by atoms with E-state index in [1.165, 1.54) is 18.3 Å². The van der Waals surface area contributed by atoms with E-state index >= 15 is 0 Å². The molecule has 0 aliphatic carbocycles. The topological polar surface area (TPSA) is 59.6 Å². The fourth-order valence-electron chi connectivity index (χ4n) is 2.55. The van der Waals surface area contributed by atoms with Gasteiger partial charge in [0, 0.05) is 5.56 Å². The molecule has 0 aliphatic heterocycles. The van der Waals surface area contributed by atoms with Crippen LogP contribution in [-0.4, -0.2) is 24.5 Å². The predicted octanol–water partition coefficient (Wildman–Crippen LogP) is 2.55. The second-order valence-electron chi connectivity index (χ2n) is 6.21. The lowest BCUT2D eigenvalue weighted by Crippen LogP contribution is -3.08. The summed E-state index contributed by atoms with van der Waals surface area (Å²) in [5.41, 5.74) is 0.218. The van der Waals surface area contributed by atoms with E-state index in [9.17, 15) is 22.4 Å². The zero-order valence-electron chi connectivity index (χ0n) is 14.7. The van der Waals surface area contributed by atoms with Crippen LogP contribution in [0.2, 0.25) is 0 Å². The summed E-state index contributed by atoms with van der Waals surface area (Å²) in [5.74, 6) is -4.59. The third-order valence-corrected chi connectivity index (χ3v) is 3.91. The highest BCUT2D eigenvalue weighted by Crippen LogP contribution is 2.21. The molecule has 0 saturated heterocycles. The van der Waals surface area contributed by atoms with Crippen LogP contribution in [0.4, 0.5) is 23.2 Å². The van der Waals surface area contributed by atoms with Crippen molar-refractivity contribution in [1.29, 1.82) is 0 Å². The van der Waals surface area contributed by atoms with Crippen molar-refractivity contribution in [3.63, 3.8) is 0 Å². The molecule has 0 saturated carbocycles. The van der Waals surface area contributed by atoms with Crippen molar-refractivity contribution in [3.05, 3.63) is 71.8 Å². The van der Waals surface area contributed by atoms with Crippen molar-refractivity contribution < 1.29 is 31.7 Å². The lowest BCUT2D eigenvalue weighted by molar-refractivity contribution is -0.886. The van der Waals surface area contributed by atoms with Gasteiger partial charge in [-0.1, -0.05) is 0 Å². The maximum Gasteiger partial charge on any atom is 0.279 e. The fourth-order valence-corrected chi connectivity index (χ4v) is 2.55. The zero-order chi connectivity index (χ0) is 20.3. The lowest BCUT2D eigenvalue weighted by atomic mass is 10.2. The number of oxazole rings is 1. The minimum Gasteiger partial charge on any atom is -0.435 e. The molecule has 1 amide bonds. The number of hydrogen-bond donors (Lipinski definition) is 2. The van der Waals surface area contributed by atoms with Crippen LogP contribution in [0.5, 0.6) is 0 Å². The number of nitrogens with one attached hydrogen (secondary N) is 2.